The van der Waals surface area contributed by atoms with Crippen molar-refractivity contribution < 1.29 is 43.0 Å². The van der Waals surface area contributed by atoms with E-state index in [1.165, 1.54) is 29.9 Å². The Hall–Kier alpha value is -6.13. The molecule has 0 atom stereocenters. The van der Waals surface area contributed by atoms with Crippen molar-refractivity contribution in [3.05, 3.63) is 65.9 Å². The Bertz CT molecular complexity index is 1750. The average molecular weight is 721 g/mol. The maximum atomic E-state index is 13.8. The van der Waals surface area contributed by atoms with Gasteiger partial charge in [-0.1, -0.05) is 30.3 Å². The topological polar surface area (TPSA) is 210 Å². The van der Waals surface area contributed by atoms with Gasteiger partial charge in [0.1, 0.15) is 0 Å². The molecule has 278 valence electrons. The molecule has 7 amide bonds. The van der Waals surface area contributed by atoms with E-state index in [0.29, 0.717) is 50.9 Å². The smallest absolute Gasteiger partial charge is 0.406 e. The summed E-state index contributed by atoms with van der Waals surface area (Å²) in [4.78, 5) is 92.1. The molecule has 1 saturated heterocycles. The van der Waals surface area contributed by atoms with Gasteiger partial charge in [-0.3, -0.25) is 19.0 Å². The molecular weight excluding hydrogens is 676 g/mol. The molecule has 2 heterocycles. The number of carbonyl (C=O) groups excluding carboxylic acids is 7. The van der Waals surface area contributed by atoms with Crippen molar-refractivity contribution in [3.8, 4) is 0 Å². The first-order valence-corrected chi connectivity index (χ1v) is 16.9. The van der Waals surface area contributed by atoms with Crippen molar-refractivity contribution >= 4 is 58.4 Å². The Balaban J connectivity index is 1.47. The third-order valence-electron chi connectivity index (χ3n) is 8.28. The monoisotopic (exact) mass is 720 g/mol. The summed E-state index contributed by atoms with van der Waals surface area (Å²) < 4.78 is 10.3. The van der Waals surface area contributed by atoms with Crippen LogP contribution in [0.1, 0.15) is 46.4 Å². The van der Waals surface area contributed by atoms with Crippen LogP contribution in [-0.4, -0.2) is 123 Å². The third kappa shape index (κ3) is 10.4. The van der Waals surface area contributed by atoms with Crippen molar-refractivity contribution in [3.63, 3.8) is 0 Å². The summed E-state index contributed by atoms with van der Waals surface area (Å²) in [5.41, 5.74) is 0.939. The van der Waals surface area contributed by atoms with Gasteiger partial charge in [0.25, 0.3) is 17.6 Å². The number of alkyl carbamates (subject to hydrolysis) is 2. The third-order valence-corrected chi connectivity index (χ3v) is 8.28. The Morgan fingerprint density at radius 3 is 1.81 bits per heavy atom. The van der Waals surface area contributed by atoms with E-state index in [-0.39, 0.29) is 60.8 Å². The maximum absolute atomic E-state index is 13.8. The fraction of sp³-hybridized carbons (Fsp3) is 0.400. The number of hydrogen-bond acceptors (Lipinski definition) is 9. The largest absolute Gasteiger partial charge is 0.453 e. The number of unbranched alkanes of at least 4 members (excludes halogenated alkanes) is 2. The Kier molecular flexibility index (Phi) is 14.4. The van der Waals surface area contributed by atoms with E-state index in [2.05, 4.69) is 36.1 Å². The van der Waals surface area contributed by atoms with E-state index in [9.17, 15) is 33.6 Å². The molecule has 0 spiro atoms. The number of methoxy groups -OCH3 is 2. The summed E-state index contributed by atoms with van der Waals surface area (Å²) >= 11 is 0. The second-order valence-electron chi connectivity index (χ2n) is 11.8. The van der Waals surface area contributed by atoms with E-state index in [1.54, 1.807) is 47.4 Å². The molecule has 0 saturated carbocycles. The molecule has 1 fully saturated rings. The molecule has 0 unspecified atom stereocenters. The Morgan fingerprint density at radius 1 is 0.654 bits per heavy atom. The van der Waals surface area contributed by atoms with Crippen LogP contribution in [0.25, 0.3) is 10.9 Å². The van der Waals surface area contributed by atoms with Crippen molar-refractivity contribution in [2.45, 2.75) is 25.7 Å². The number of fused-ring (bicyclic) bond motifs is 1. The van der Waals surface area contributed by atoms with Gasteiger partial charge in [-0.25, -0.2) is 19.2 Å². The zero-order valence-corrected chi connectivity index (χ0v) is 29.2. The fourth-order valence-corrected chi connectivity index (χ4v) is 5.53. The van der Waals surface area contributed by atoms with E-state index < -0.39 is 35.9 Å². The van der Waals surface area contributed by atoms with Gasteiger partial charge >= 0.3 is 24.2 Å². The van der Waals surface area contributed by atoms with Crippen LogP contribution in [0.2, 0.25) is 0 Å². The number of para-hydroxylation sites is 1. The number of ketones is 1. The van der Waals surface area contributed by atoms with Crippen LogP contribution in [-0.2, 0) is 14.3 Å². The second-order valence-corrected chi connectivity index (χ2v) is 11.8. The van der Waals surface area contributed by atoms with Crippen molar-refractivity contribution in [1.82, 2.24) is 35.6 Å². The maximum Gasteiger partial charge on any atom is 0.406 e. The SMILES string of the molecule is COC(=O)NCCCCNC(=O)Nc1cccc2c(C(=O)C(=O)N3CCN(C(=O)c4ccccc4)CC3)cn(C(=O)NCCCCNC(=O)OC)c12. The van der Waals surface area contributed by atoms with E-state index in [4.69, 9.17) is 0 Å². The van der Waals surface area contributed by atoms with E-state index in [0.717, 1.165) is 0 Å². The van der Waals surface area contributed by atoms with Gasteiger partial charge in [-0.15, -0.1) is 0 Å². The summed E-state index contributed by atoms with van der Waals surface area (Å²) in [7, 11) is 2.53. The normalized spacial score (nSPS) is 12.4. The first kappa shape index (κ1) is 38.7. The number of amides is 7. The molecule has 4 rings (SSSR count). The molecule has 17 nitrogen and oxygen atoms in total. The lowest BCUT2D eigenvalue weighted by Gasteiger charge is -2.34. The molecule has 1 aliphatic heterocycles. The standard InChI is InChI=1S/C35H44N8O9/c1-51-34(49)38-17-8-6-15-36-32(47)40-27-14-10-13-25-26(23-43(28(25)27)33(48)37-16-7-9-18-39-35(50)52-2)29(44)31(46)42-21-19-41(20-22-42)30(45)24-11-4-3-5-12-24/h3-5,10-14,23H,6-9,15-22H2,1-2H3,(H,37,48)(H,38,49)(H,39,50)(H2,36,40,47). The number of urea groups is 1. The molecule has 2 aromatic carbocycles. The molecule has 3 aromatic rings. The minimum atomic E-state index is -0.838. The van der Waals surface area contributed by atoms with Crippen molar-refractivity contribution in [2.24, 2.45) is 0 Å². The summed E-state index contributed by atoms with van der Waals surface area (Å²) in [5, 5.41) is 13.6. The summed E-state index contributed by atoms with van der Waals surface area (Å²) in [5.74, 6) is -1.77. The number of carbonyl (C=O) groups is 7. The number of ether oxygens (including phenoxy) is 2. The molecule has 52 heavy (non-hydrogen) atoms. The number of Topliss-reactive ketones (excluding diaryl/α,β-unsaturated/α-hetero) is 1. The van der Waals surface area contributed by atoms with Gasteiger partial charge in [-0.2, -0.15) is 0 Å². The van der Waals surface area contributed by atoms with Crippen LogP contribution in [0.4, 0.5) is 24.9 Å². The number of nitrogens with one attached hydrogen (secondary N) is 5. The number of hydrogen-bond donors (Lipinski definition) is 5. The summed E-state index contributed by atoms with van der Waals surface area (Å²) in [6, 6.07) is 12.4. The number of rotatable bonds is 14. The molecule has 1 aliphatic rings. The quantitative estimate of drug-likeness (QED) is 0.0941. The summed E-state index contributed by atoms with van der Waals surface area (Å²) in [6.07, 6.45) is 2.40. The molecule has 0 radical (unpaired) electrons. The molecule has 1 aromatic heterocycles. The lowest BCUT2D eigenvalue weighted by Crippen LogP contribution is -2.52. The number of nitrogens with zero attached hydrogens (tertiary/aromatic N) is 3. The van der Waals surface area contributed by atoms with Crippen LogP contribution in [0, 0.1) is 0 Å². The van der Waals surface area contributed by atoms with Crippen molar-refractivity contribution in [2.75, 3.05) is 71.9 Å². The van der Waals surface area contributed by atoms with Gasteiger partial charge in [0.2, 0.25) is 0 Å². The van der Waals surface area contributed by atoms with Gasteiger partial charge in [-0.05, 0) is 43.9 Å². The highest BCUT2D eigenvalue weighted by Gasteiger charge is 2.31. The Morgan fingerprint density at radius 2 is 1.21 bits per heavy atom. The van der Waals surface area contributed by atoms with Crippen LogP contribution >= 0.6 is 0 Å². The highest BCUT2D eigenvalue weighted by Crippen LogP contribution is 2.29. The van der Waals surface area contributed by atoms with Gasteiger partial charge in [0.05, 0.1) is 31.0 Å². The lowest BCUT2D eigenvalue weighted by atomic mass is 10.1. The first-order chi connectivity index (χ1) is 25.1. The van der Waals surface area contributed by atoms with Crippen LogP contribution in [0.5, 0.6) is 0 Å². The predicted octanol–water partition coefficient (Wildman–Crippen LogP) is 2.76. The number of anilines is 1. The van der Waals surface area contributed by atoms with Gasteiger partial charge < -0.3 is 45.9 Å². The zero-order chi connectivity index (χ0) is 37.5. The van der Waals surface area contributed by atoms with E-state index in [1.807, 2.05) is 6.07 Å². The van der Waals surface area contributed by atoms with Crippen LogP contribution < -0.4 is 26.6 Å². The number of aromatic nitrogens is 1. The molecule has 5 N–H and O–H groups in total. The summed E-state index contributed by atoms with van der Waals surface area (Å²) in [6.45, 7) is 2.04. The van der Waals surface area contributed by atoms with Gasteiger partial charge in [0.15, 0.2) is 0 Å². The second kappa shape index (κ2) is 19.3. The Labute approximate surface area is 300 Å². The van der Waals surface area contributed by atoms with E-state index >= 15 is 0 Å². The molecular formula is C35H44N8O9. The minimum absolute atomic E-state index is 0.0256. The lowest BCUT2D eigenvalue weighted by molar-refractivity contribution is -0.127. The average Bonchev–Trinajstić information content (AvgIpc) is 3.57. The number of piperazine rings is 1. The number of benzene rings is 2. The van der Waals surface area contributed by atoms with Crippen LogP contribution in [0.3, 0.4) is 0 Å². The predicted molar refractivity (Wildman–Crippen MR) is 190 cm³/mol. The first-order valence-electron chi connectivity index (χ1n) is 16.9. The van der Waals surface area contributed by atoms with Crippen molar-refractivity contribution in [1.29, 1.82) is 0 Å². The zero-order valence-electron chi connectivity index (χ0n) is 29.2. The fourth-order valence-electron chi connectivity index (χ4n) is 5.53. The minimum Gasteiger partial charge on any atom is -0.453 e. The van der Waals surface area contributed by atoms with Gasteiger partial charge in [0, 0.05) is 69.5 Å². The highest BCUT2D eigenvalue weighted by molar-refractivity contribution is 6.45. The van der Waals surface area contributed by atoms with Crippen LogP contribution in [0.15, 0.2) is 54.7 Å². The molecule has 17 heteroatoms. The molecule has 0 aliphatic carbocycles. The highest BCUT2D eigenvalue weighted by atomic mass is 16.5. The molecule has 0 bridgehead atoms.